The van der Waals surface area contributed by atoms with Crippen LogP contribution in [0.4, 0.5) is 4.39 Å². The van der Waals surface area contributed by atoms with Crippen molar-refractivity contribution in [3.05, 3.63) is 106 Å². The van der Waals surface area contributed by atoms with E-state index in [-0.39, 0.29) is 17.7 Å². The molecule has 0 fully saturated rings. The van der Waals surface area contributed by atoms with Gasteiger partial charge in [0, 0.05) is 28.5 Å². The molecule has 1 aliphatic heterocycles. The van der Waals surface area contributed by atoms with E-state index in [9.17, 15) is 9.18 Å². The maximum absolute atomic E-state index is 14.0. The predicted octanol–water partition coefficient (Wildman–Crippen LogP) is 8.17. The van der Waals surface area contributed by atoms with Gasteiger partial charge in [-0.25, -0.2) is 9.18 Å². The third kappa shape index (κ3) is 4.41. The van der Waals surface area contributed by atoms with Crippen molar-refractivity contribution in [2.45, 2.75) is 40.0 Å². The topological polar surface area (TPSA) is 35.5 Å². The molecule has 5 rings (SSSR count). The van der Waals surface area contributed by atoms with E-state index in [4.69, 9.17) is 9.47 Å². The third-order valence-corrected chi connectivity index (χ3v) is 5.73. The van der Waals surface area contributed by atoms with Crippen molar-refractivity contribution in [1.29, 1.82) is 0 Å². The van der Waals surface area contributed by atoms with Crippen LogP contribution >= 0.6 is 0 Å². The van der Waals surface area contributed by atoms with Gasteiger partial charge in [0.25, 0.3) is 0 Å². The standard InChI is InChI=1S/C27H21FO3.C3H8/c1-3-30-27(29)22-9-5-7-17-6-4-8-21(25(17)22)26-19-12-10-16(2)14-23(19)31-24-15-18(28)11-13-20(24)26;1-3-2/h4-15,26H,3H2,1-2H3;3H2,1-2H3. The largest absolute Gasteiger partial charge is 0.462 e. The molecule has 1 heterocycles. The summed E-state index contributed by atoms with van der Waals surface area (Å²) in [5.74, 6) is 0.288. The lowest BCUT2D eigenvalue weighted by Gasteiger charge is -2.30. The second kappa shape index (κ2) is 10.1. The van der Waals surface area contributed by atoms with Crippen LogP contribution in [0.3, 0.4) is 0 Å². The fraction of sp³-hybridized carbons (Fsp3) is 0.233. The molecule has 0 saturated heterocycles. The van der Waals surface area contributed by atoms with Gasteiger partial charge < -0.3 is 9.47 Å². The average Bonchev–Trinajstić information content (AvgIpc) is 2.82. The van der Waals surface area contributed by atoms with Crippen LogP contribution in [0.2, 0.25) is 0 Å². The van der Waals surface area contributed by atoms with Gasteiger partial charge in [-0.15, -0.1) is 0 Å². The van der Waals surface area contributed by atoms with Crippen molar-refractivity contribution >= 4 is 16.7 Å². The van der Waals surface area contributed by atoms with Gasteiger partial charge in [0.1, 0.15) is 17.3 Å². The van der Waals surface area contributed by atoms with E-state index in [0.717, 1.165) is 33.0 Å². The summed E-state index contributed by atoms with van der Waals surface area (Å²) >= 11 is 0. The Kier molecular flexibility index (Phi) is 6.97. The molecule has 0 aliphatic carbocycles. The van der Waals surface area contributed by atoms with Crippen molar-refractivity contribution < 1.29 is 18.7 Å². The summed E-state index contributed by atoms with van der Waals surface area (Å²) in [6.07, 6.45) is 1.25. The Morgan fingerprint density at radius 3 is 2.24 bits per heavy atom. The summed E-state index contributed by atoms with van der Waals surface area (Å²) in [6.45, 7) is 8.35. The van der Waals surface area contributed by atoms with E-state index in [1.54, 1.807) is 19.1 Å². The zero-order valence-electron chi connectivity index (χ0n) is 20.0. The lowest BCUT2D eigenvalue weighted by atomic mass is 9.79. The Labute approximate surface area is 200 Å². The van der Waals surface area contributed by atoms with Crippen LogP contribution in [0.15, 0.2) is 72.8 Å². The molecule has 4 aromatic carbocycles. The Morgan fingerprint density at radius 1 is 0.882 bits per heavy atom. The highest BCUT2D eigenvalue weighted by Crippen LogP contribution is 2.49. The Balaban J connectivity index is 0.000000868. The van der Waals surface area contributed by atoms with Crippen molar-refractivity contribution in [1.82, 2.24) is 0 Å². The highest BCUT2D eigenvalue weighted by Gasteiger charge is 2.31. The molecule has 4 aromatic rings. The molecule has 0 amide bonds. The van der Waals surface area contributed by atoms with Gasteiger partial charge in [-0.05, 0) is 48.6 Å². The summed E-state index contributed by atoms with van der Waals surface area (Å²) in [5.41, 5.74) is 4.39. The maximum atomic E-state index is 14.0. The second-order valence-corrected chi connectivity index (χ2v) is 8.44. The first-order valence-corrected chi connectivity index (χ1v) is 11.7. The number of aryl methyl sites for hydroxylation is 1. The number of rotatable bonds is 3. The van der Waals surface area contributed by atoms with Crippen LogP contribution in [0, 0.1) is 12.7 Å². The molecule has 0 bridgehead atoms. The summed E-state index contributed by atoms with van der Waals surface area (Å²) in [5, 5.41) is 1.80. The molecule has 0 aromatic heterocycles. The molecule has 0 radical (unpaired) electrons. The van der Waals surface area contributed by atoms with Gasteiger partial charge in [-0.2, -0.15) is 0 Å². The Hall–Kier alpha value is -3.66. The maximum Gasteiger partial charge on any atom is 0.338 e. The van der Waals surface area contributed by atoms with Crippen molar-refractivity contribution in [2.24, 2.45) is 0 Å². The fourth-order valence-corrected chi connectivity index (χ4v) is 4.41. The molecule has 0 spiro atoms. The predicted molar refractivity (Wildman–Crippen MR) is 134 cm³/mol. The molecule has 1 atom stereocenters. The van der Waals surface area contributed by atoms with Crippen LogP contribution in [-0.2, 0) is 4.74 Å². The van der Waals surface area contributed by atoms with Gasteiger partial charge in [0.05, 0.1) is 12.2 Å². The zero-order chi connectivity index (χ0) is 24.2. The van der Waals surface area contributed by atoms with Crippen LogP contribution in [0.5, 0.6) is 11.5 Å². The molecule has 1 unspecified atom stereocenters. The smallest absolute Gasteiger partial charge is 0.338 e. The average molecular weight is 457 g/mol. The molecule has 0 N–H and O–H groups in total. The van der Waals surface area contributed by atoms with E-state index in [1.807, 2.05) is 55.5 Å². The van der Waals surface area contributed by atoms with Crippen LogP contribution < -0.4 is 4.74 Å². The first kappa shape index (κ1) is 23.5. The first-order valence-electron chi connectivity index (χ1n) is 11.7. The monoisotopic (exact) mass is 456 g/mol. The van der Waals surface area contributed by atoms with E-state index in [0.29, 0.717) is 23.7 Å². The normalized spacial score (nSPS) is 13.7. The third-order valence-electron chi connectivity index (χ3n) is 5.73. The van der Waals surface area contributed by atoms with Gasteiger partial charge in [-0.3, -0.25) is 0 Å². The minimum absolute atomic E-state index is 0.209. The first-order chi connectivity index (χ1) is 16.5. The minimum atomic E-state index is -0.351. The summed E-state index contributed by atoms with van der Waals surface area (Å²) in [7, 11) is 0. The van der Waals surface area contributed by atoms with Crippen molar-refractivity contribution in [3.8, 4) is 11.5 Å². The van der Waals surface area contributed by atoms with E-state index in [1.165, 1.54) is 18.6 Å². The number of esters is 1. The zero-order valence-corrected chi connectivity index (χ0v) is 20.0. The lowest BCUT2D eigenvalue weighted by molar-refractivity contribution is 0.0528. The molecule has 1 aliphatic rings. The molecule has 0 saturated carbocycles. The number of ether oxygens (including phenoxy) is 2. The van der Waals surface area contributed by atoms with E-state index in [2.05, 4.69) is 13.8 Å². The SMILES string of the molecule is CCC.CCOC(=O)c1cccc2cccc(C3c4ccc(C)cc4Oc4cc(F)ccc43)c12. The minimum Gasteiger partial charge on any atom is -0.462 e. The lowest BCUT2D eigenvalue weighted by Crippen LogP contribution is -2.14. The number of carbonyl (C=O) groups excluding carboxylic acids is 1. The number of hydrogen-bond donors (Lipinski definition) is 0. The van der Waals surface area contributed by atoms with E-state index >= 15 is 0 Å². The summed E-state index contributed by atoms with van der Waals surface area (Å²) in [4.78, 5) is 12.8. The highest BCUT2D eigenvalue weighted by molar-refractivity contribution is 6.06. The number of hydrogen-bond acceptors (Lipinski definition) is 3. The number of carbonyl (C=O) groups is 1. The molecule has 4 heteroatoms. The molecule has 34 heavy (non-hydrogen) atoms. The molecule has 3 nitrogen and oxygen atoms in total. The van der Waals surface area contributed by atoms with Gasteiger partial charge in [-0.1, -0.05) is 68.8 Å². The summed E-state index contributed by atoms with van der Waals surface area (Å²) in [6, 6.07) is 22.3. The van der Waals surface area contributed by atoms with Crippen molar-refractivity contribution in [3.63, 3.8) is 0 Å². The highest BCUT2D eigenvalue weighted by atomic mass is 19.1. The molecular weight excluding hydrogens is 427 g/mol. The number of halogens is 1. The summed E-state index contributed by atoms with van der Waals surface area (Å²) < 4.78 is 25.5. The van der Waals surface area contributed by atoms with Crippen molar-refractivity contribution in [2.75, 3.05) is 6.61 Å². The Morgan fingerprint density at radius 2 is 1.53 bits per heavy atom. The number of benzene rings is 4. The number of fused-ring (bicyclic) bond motifs is 3. The van der Waals surface area contributed by atoms with Crippen LogP contribution in [0.25, 0.3) is 10.8 Å². The Bertz CT molecular complexity index is 1290. The van der Waals surface area contributed by atoms with Crippen LogP contribution in [0.1, 0.15) is 65.7 Å². The van der Waals surface area contributed by atoms with Gasteiger partial charge >= 0.3 is 5.97 Å². The quantitative estimate of drug-likeness (QED) is 0.257. The van der Waals surface area contributed by atoms with Gasteiger partial charge in [0.15, 0.2) is 0 Å². The van der Waals surface area contributed by atoms with Crippen LogP contribution in [-0.4, -0.2) is 12.6 Å². The fourth-order valence-electron chi connectivity index (χ4n) is 4.41. The molecule has 174 valence electrons. The van der Waals surface area contributed by atoms with E-state index < -0.39 is 0 Å². The second-order valence-electron chi connectivity index (χ2n) is 8.44. The molecular formula is C30H29FO3. The van der Waals surface area contributed by atoms with Gasteiger partial charge in [0.2, 0.25) is 0 Å².